The van der Waals surface area contributed by atoms with E-state index in [1.54, 1.807) is 0 Å². The van der Waals surface area contributed by atoms with E-state index in [1.165, 1.54) is 0 Å². The van der Waals surface area contributed by atoms with Gasteiger partial charge in [0.05, 0.1) is 19.1 Å². The predicted octanol–water partition coefficient (Wildman–Crippen LogP) is 1.80. The number of halogens is 2. The molecule has 116 valence electrons. The fourth-order valence-corrected chi connectivity index (χ4v) is 2.38. The number of nitrogens with one attached hydrogen (secondary N) is 2. The van der Waals surface area contributed by atoms with E-state index in [0.29, 0.717) is 6.61 Å². The van der Waals surface area contributed by atoms with Crippen LogP contribution in [0.15, 0.2) is 18.2 Å². The van der Waals surface area contributed by atoms with Gasteiger partial charge in [-0.2, -0.15) is 0 Å². The molecule has 21 heavy (non-hydrogen) atoms. The van der Waals surface area contributed by atoms with Crippen LogP contribution in [0.3, 0.4) is 0 Å². The molecule has 0 aliphatic carbocycles. The lowest BCUT2D eigenvalue weighted by molar-refractivity contribution is -0.123. The van der Waals surface area contributed by atoms with E-state index in [-0.39, 0.29) is 6.54 Å². The summed E-state index contributed by atoms with van der Waals surface area (Å²) in [6.07, 6.45) is -0.448. The standard InChI is InChI=1S/C15H20F2N2O2/c1-10-5-11(2)7-12(6-10)21-4-3-18-14(20)13-8-15(16,17)9-19-13/h5-7,13,19H,3-4,8-9H2,1-2H3,(H,18,20). The minimum absolute atomic E-state index is 0.287. The Morgan fingerprint density at radius 1 is 1.38 bits per heavy atom. The topological polar surface area (TPSA) is 50.4 Å². The average molecular weight is 298 g/mol. The summed E-state index contributed by atoms with van der Waals surface area (Å²) in [5.74, 6) is -2.46. The SMILES string of the molecule is Cc1cc(C)cc(OCCNC(=O)C2CC(F)(F)CN2)c1. The molecule has 4 nitrogen and oxygen atoms in total. The first-order valence-electron chi connectivity index (χ1n) is 6.96. The maximum absolute atomic E-state index is 13.0. The van der Waals surface area contributed by atoms with Crippen LogP contribution >= 0.6 is 0 Å². The zero-order chi connectivity index (χ0) is 15.5. The third-order valence-corrected chi connectivity index (χ3v) is 3.29. The maximum atomic E-state index is 13.0. The van der Waals surface area contributed by atoms with Crippen molar-refractivity contribution in [3.05, 3.63) is 29.3 Å². The van der Waals surface area contributed by atoms with Gasteiger partial charge in [-0.15, -0.1) is 0 Å². The maximum Gasteiger partial charge on any atom is 0.262 e. The number of benzene rings is 1. The highest BCUT2D eigenvalue weighted by Crippen LogP contribution is 2.24. The summed E-state index contributed by atoms with van der Waals surface area (Å²) in [6, 6.07) is 5.05. The molecule has 1 fully saturated rings. The molecule has 1 aromatic carbocycles. The Bertz CT molecular complexity index is 500. The molecule has 0 bridgehead atoms. The first-order chi connectivity index (χ1) is 9.85. The van der Waals surface area contributed by atoms with Gasteiger partial charge in [0.1, 0.15) is 12.4 Å². The van der Waals surface area contributed by atoms with Crippen molar-refractivity contribution in [3.8, 4) is 5.75 Å². The predicted molar refractivity (Wildman–Crippen MR) is 75.8 cm³/mol. The van der Waals surface area contributed by atoms with E-state index < -0.39 is 30.8 Å². The molecule has 1 aliphatic heterocycles. The van der Waals surface area contributed by atoms with Crippen molar-refractivity contribution in [3.63, 3.8) is 0 Å². The number of alkyl halides is 2. The highest BCUT2D eigenvalue weighted by Gasteiger charge is 2.42. The summed E-state index contributed by atoms with van der Waals surface area (Å²) >= 11 is 0. The quantitative estimate of drug-likeness (QED) is 0.815. The van der Waals surface area contributed by atoms with Gasteiger partial charge in [-0.1, -0.05) is 6.07 Å². The molecule has 1 atom stereocenters. The summed E-state index contributed by atoms with van der Waals surface area (Å²) in [7, 11) is 0. The van der Waals surface area contributed by atoms with Gasteiger partial charge in [0.15, 0.2) is 0 Å². The average Bonchev–Trinajstić information content (AvgIpc) is 2.74. The summed E-state index contributed by atoms with van der Waals surface area (Å²) in [5.41, 5.74) is 2.21. The lowest BCUT2D eigenvalue weighted by Crippen LogP contribution is -2.41. The Morgan fingerprint density at radius 2 is 2.05 bits per heavy atom. The number of hydrogen-bond donors (Lipinski definition) is 2. The van der Waals surface area contributed by atoms with E-state index in [2.05, 4.69) is 10.6 Å². The second-order valence-electron chi connectivity index (χ2n) is 5.46. The van der Waals surface area contributed by atoms with Crippen molar-refractivity contribution in [2.24, 2.45) is 0 Å². The van der Waals surface area contributed by atoms with E-state index in [0.717, 1.165) is 16.9 Å². The molecule has 0 spiro atoms. The number of carbonyl (C=O) groups excluding carboxylic acids is 1. The van der Waals surface area contributed by atoms with Crippen LogP contribution in [0.5, 0.6) is 5.75 Å². The van der Waals surface area contributed by atoms with Gasteiger partial charge < -0.3 is 10.1 Å². The number of ether oxygens (including phenoxy) is 1. The van der Waals surface area contributed by atoms with Crippen LogP contribution in [0.25, 0.3) is 0 Å². The smallest absolute Gasteiger partial charge is 0.262 e. The first kappa shape index (κ1) is 15.7. The lowest BCUT2D eigenvalue weighted by atomic mass is 10.1. The molecule has 0 aromatic heterocycles. The Balaban J connectivity index is 1.71. The van der Waals surface area contributed by atoms with Crippen molar-refractivity contribution < 1.29 is 18.3 Å². The molecule has 1 aliphatic rings. The molecule has 1 heterocycles. The Kier molecular flexibility index (Phi) is 4.77. The van der Waals surface area contributed by atoms with Crippen LogP contribution < -0.4 is 15.4 Å². The van der Waals surface area contributed by atoms with Crippen LogP contribution in [-0.4, -0.2) is 37.6 Å². The van der Waals surface area contributed by atoms with Crippen LogP contribution in [0.1, 0.15) is 17.5 Å². The van der Waals surface area contributed by atoms with Gasteiger partial charge in [-0.25, -0.2) is 8.78 Å². The third-order valence-electron chi connectivity index (χ3n) is 3.29. The molecule has 1 aromatic rings. The number of amides is 1. The summed E-state index contributed by atoms with van der Waals surface area (Å²) in [4.78, 5) is 11.7. The Hall–Kier alpha value is -1.69. The largest absolute Gasteiger partial charge is 0.492 e. The van der Waals surface area contributed by atoms with E-state index in [4.69, 9.17) is 4.74 Å². The molecule has 2 N–H and O–H groups in total. The van der Waals surface area contributed by atoms with Crippen LogP contribution in [0, 0.1) is 13.8 Å². The highest BCUT2D eigenvalue weighted by atomic mass is 19.3. The summed E-state index contributed by atoms with van der Waals surface area (Å²) in [6.45, 7) is 4.11. The molecule has 1 saturated heterocycles. The van der Waals surface area contributed by atoms with Gasteiger partial charge in [0.25, 0.3) is 5.92 Å². The second kappa shape index (κ2) is 6.39. The van der Waals surface area contributed by atoms with Gasteiger partial charge in [-0.05, 0) is 37.1 Å². The number of carbonyl (C=O) groups is 1. The van der Waals surface area contributed by atoms with E-state index in [1.807, 2.05) is 32.0 Å². The normalized spacial score (nSPS) is 20.3. The van der Waals surface area contributed by atoms with Gasteiger partial charge >= 0.3 is 0 Å². The molecule has 2 rings (SSSR count). The van der Waals surface area contributed by atoms with Gasteiger partial charge in [0, 0.05) is 6.42 Å². The minimum Gasteiger partial charge on any atom is -0.492 e. The minimum atomic E-state index is -2.79. The Morgan fingerprint density at radius 3 is 2.62 bits per heavy atom. The molecule has 1 unspecified atom stereocenters. The van der Waals surface area contributed by atoms with Gasteiger partial charge in [-0.3, -0.25) is 10.1 Å². The third kappa shape index (κ3) is 4.67. The zero-order valence-electron chi connectivity index (χ0n) is 12.2. The summed E-state index contributed by atoms with van der Waals surface area (Å²) < 4.78 is 31.5. The van der Waals surface area contributed by atoms with Crippen LogP contribution in [0.2, 0.25) is 0 Å². The van der Waals surface area contributed by atoms with Crippen molar-refractivity contribution in [2.75, 3.05) is 19.7 Å². The molecule has 6 heteroatoms. The van der Waals surface area contributed by atoms with Crippen molar-refractivity contribution >= 4 is 5.91 Å². The highest BCUT2D eigenvalue weighted by molar-refractivity contribution is 5.82. The molecule has 1 amide bonds. The van der Waals surface area contributed by atoms with Crippen molar-refractivity contribution in [2.45, 2.75) is 32.2 Å². The fourth-order valence-electron chi connectivity index (χ4n) is 2.38. The molecule has 0 saturated carbocycles. The van der Waals surface area contributed by atoms with Crippen LogP contribution in [-0.2, 0) is 4.79 Å². The first-order valence-corrected chi connectivity index (χ1v) is 6.96. The fraction of sp³-hybridized carbons (Fsp3) is 0.533. The number of aryl methyl sites for hydroxylation is 2. The number of hydrogen-bond acceptors (Lipinski definition) is 3. The molecule has 0 radical (unpaired) electrons. The lowest BCUT2D eigenvalue weighted by Gasteiger charge is -2.12. The van der Waals surface area contributed by atoms with Crippen molar-refractivity contribution in [1.82, 2.24) is 10.6 Å². The zero-order valence-corrected chi connectivity index (χ0v) is 12.2. The monoisotopic (exact) mass is 298 g/mol. The molecular formula is C15H20F2N2O2. The number of rotatable bonds is 5. The second-order valence-corrected chi connectivity index (χ2v) is 5.46. The van der Waals surface area contributed by atoms with Crippen molar-refractivity contribution in [1.29, 1.82) is 0 Å². The Labute approximate surface area is 122 Å². The van der Waals surface area contributed by atoms with Gasteiger partial charge in [0.2, 0.25) is 5.91 Å². The van der Waals surface area contributed by atoms with Crippen LogP contribution in [0.4, 0.5) is 8.78 Å². The molecular weight excluding hydrogens is 278 g/mol. The van der Waals surface area contributed by atoms with E-state index >= 15 is 0 Å². The van der Waals surface area contributed by atoms with E-state index in [9.17, 15) is 13.6 Å². The summed E-state index contributed by atoms with van der Waals surface area (Å²) in [5, 5.41) is 5.12.